The Hall–Kier alpha value is -3.40. The van der Waals surface area contributed by atoms with Gasteiger partial charge < -0.3 is 20.9 Å². The van der Waals surface area contributed by atoms with Crippen molar-refractivity contribution in [2.75, 3.05) is 43.8 Å². The summed E-state index contributed by atoms with van der Waals surface area (Å²) in [5.41, 5.74) is 8.31. The maximum Gasteiger partial charge on any atom is 0.328 e. The SMILES string of the molecule is CCCCNc1nc(N)c2[nH]c(=O)n(Cc3ccc(C(=O)N4CCN(C(C)(C)C)CC4)cc3)c2n1. The molecule has 35 heavy (non-hydrogen) atoms. The first-order valence-electron chi connectivity index (χ1n) is 12.3. The Labute approximate surface area is 205 Å². The molecule has 1 saturated heterocycles. The number of piperazine rings is 1. The van der Waals surface area contributed by atoms with Crippen LogP contribution in [-0.2, 0) is 6.54 Å². The molecule has 0 atom stereocenters. The first-order chi connectivity index (χ1) is 16.7. The number of nitrogens with one attached hydrogen (secondary N) is 2. The Morgan fingerprint density at radius 1 is 1.11 bits per heavy atom. The molecule has 3 heterocycles. The van der Waals surface area contributed by atoms with Gasteiger partial charge in [0.05, 0.1) is 6.54 Å². The number of aromatic amines is 1. The molecule has 4 N–H and O–H groups in total. The van der Waals surface area contributed by atoms with E-state index in [1.807, 2.05) is 29.2 Å². The van der Waals surface area contributed by atoms with Gasteiger partial charge in [-0.05, 0) is 44.9 Å². The molecule has 0 aliphatic carbocycles. The number of amides is 1. The molecule has 1 aliphatic heterocycles. The van der Waals surface area contributed by atoms with E-state index in [9.17, 15) is 9.59 Å². The lowest BCUT2D eigenvalue weighted by Gasteiger charge is -2.42. The zero-order valence-corrected chi connectivity index (χ0v) is 21.1. The maximum atomic E-state index is 13.0. The summed E-state index contributed by atoms with van der Waals surface area (Å²) in [5.74, 6) is 0.679. The fourth-order valence-corrected chi connectivity index (χ4v) is 4.35. The van der Waals surface area contributed by atoms with Crippen LogP contribution in [0.1, 0.15) is 56.5 Å². The van der Waals surface area contributed by atoms with Gasteiger partial charge in [0, 0.05) is 43.8 Å². The Morgan fingerprint density at radius 2 is 1.80 bits per heavy atom. The molecule has 0 unspecified atom stereocenters. The van der Waals surface area contributed by atoms with Crippen molar-refractivity contribution in [2.45, 2.75) is 52.6 Å². The highest BCUT2D eigenvalue weighted by Gasteiger charge is 2.28. The third kappa shape index (κ3) is 5.48. The maximum absolute atomic E-state index is 13.0. The number of unbranched alkanes of at least 4 members (excludes halogenated alkanes) is 1. The molecule has 1 amide bonds. The van der Waals surface area contributed by atoms with Gasteiger partial charge in [-0.2, -0.15) is 9.97 Å². The van der Waals surface area contributed by atoms with Crippen LogP contribution in [0.2, 0.25) is 0 Å². The van der Waals surface area contributed by atoms with Crippen molar-refractivity contribution in [2.24, 2.45) is 0 Å². The number of H-pyrrole nitrogens is 1. The summed E-state index contributed by atoms with van der Waals surface area (Å²) in [4.78, 5) is 41.5. The van der Waals surface area contributed by atoms with E-state index >= 15 is 0 Å². The first kappa shape index (κ1) is 24.7. The molecule has 1 fully saturated rings. The van der Waals surface area contributed by atoms with Crippen LogP contribution in [0.4, 0.5) is 11.8 Å². The minimum absolute atomic E-state index is 0.0395. The monoisotopic (exact) mass is 480 g/mol. The molecule has 10 nitrogen and oxygen atoms in total. The van der Waals surface area contributed by atoms with E-state index in [4.69, 9.17) is 5.73 Å². The number of rotatable bonds is 7. The molecular formula is C25H36N8O2. The second-order valence-electron chi connectivity index (χ2n) is 10.1. The lowest BCUT2D eigenvalue weighted by Crippen LogP contribution is -2.54. The van der Waals surface area contributed by atoms with Gasteiger partial charge in [0.25, 0.3) is 5.91 Å². The molecule has 0 radical (unpaired) electrons. The Balaban J connectivity index is 1.48. The van der Waals surface area contributed by atoms with Crippen molar-refractivity contribution >= 4 is 28.8 Å². The molecule has 3 aromatic rings. The molecule has 2 aromatic heterocycles. The normalized spacial score (nSPS) is 15.0. The van der Waals surface area contributed by atoms with Crippen LogP contribution in [0.3, 0.4) is 0 Å². The number of aromatic nitrogens is 4. The number of nitrogens with two attached hydrogens (primary N) is 1. The molecule has 1 aromatic carbocycles. The Kier molecular flexibility index (Phi) is 7.11. The molecule has 1 aliphatic rings. The zero-order chi connectivity index (χ0) is 25.2. The lowest BCUT2D eigenvalue weighted by atomic mass is 10.0. The molecular weight excluding hydrogens is 444 g/mol. The fourth-order valence-electron chi connectivity index (χ4n) is 4.35. The smallest absolute Gasteiger partial charge is 0.328 e. The Morgan fingerprint density at radius 3 is 2.43 bits per heavy atom. The van der Waals surface area contributed by atoms with Gasteiger partial charge in [0.1, 0.15) is 5.52 Å². The van der Waals surface area contributed by atoms with Crippen molar-refractivity contribution in [1.82, 2.24) is 29.3 Å². The number of carbonyl (C=O) groups excluding carboxylic acids is 1. The van der Waals surface area contributed by atoms with E-state index in [-0.39, 0.29) is 23.0 Å². The summed E-state index contributed by atoms with van der Waals surface area (Å²) in [7, 11) is 0. The number of hydrogen-bond acceptors (Lipinski definition) is 7. The lowest BCUT2D eigenvalue weighted by molar-refractivity contribution is 0.0451. The topological polar surface area (TPSA) is 125 Å². The quantitative estimate of drug-likeness (QED) is 0.444. The van der Waals surface area contributed by atoms with E-state index in [1.165, 1.54) is 0 Å². The highest BCUT2D eigenvalue weighted by Crippen LogP contribution is 2.19. The number of imidazole rings is 1. The fraction of sp³-hybridized carbons (Fsp3) is 0.520. The number of nitrogens with zero attached hydrogens (tertiary/aromatic N) is 5. The van der Waals surface area contributed by atoms with Gasteiger partial charge in [-0.15, -0.1) is 0 Å². The van der Waals surface area contributed by atoms with Crippen molar-refractivity contribution in [3.05, 3.63) is 45.9 Å². The van der Waals surface area contributed by atoms with E-state index < -0.39 is 0 Å². The number of fused-ring (bicyclic) bond motifs is 1. The van der Waals surface area contributed by atoms with E-state index in [0.717, 1.165) is 51.1 Å². The van der Waals surface area contributed by atoms with Crippen molar-refractivity contribution in [3.63, 3.8) is 0 Å². The van der Waals surface area contributed by atoms with Crippen LogP contribution in [-0.4, -0.2) is 73.5 Å². The van der Waals surface area contributed by atoms with Crippen LogP contribution in [0.5, 0.6) is 0 Å². The number of hydrogen-bond donors (Lipinski definition) is 3. The second kappa shape index (κ2) is 10.1. The first-order valence-corrected chi connectivity index (χ1v) is 12.3. The van der Waals surface area contributed by atoms with Crippen LogP contribution in [0.15, 0.2) is 29.1 Å². The van der Waals surface area contributed by atoms with Crippen molar-refractivity contribution in [3.8, 4) is 0 Å². The molecule has 4 rings (SSSR count). The van der Waals surface area contributed by atoms with Crippen molar-refractivity contribution < 1.29 is 4.79 Å². The summed E-state index contributed by atoms with van der Waals surface area (Å²) in [5, 5.41) is 3.16. The summed E-state index contributed by atoms with van der Waals surface area (Å²) in [6.07, 6.45) is 2.03. The van der Waals surface area contributed by atoms with Crippen LogP contribution in [0, 0.1) is 0 Å². The third-order valence-electron chi connectivity index (χ3n) is 6.52. The van der Waals surface area contributed by atoms with Gasteiger partial charge in [0.2, 0.25) is 5.95 Å². The minimum Gasteiger partial charge on any atom is -0.382 e. The van der Waals surface area contributed by atoms with Gasteiger partial charge in [-0.25, -0.2) is 4.79 Å². The van der Waals surface area contributed by atoms with Crippen LogP contribution >= 0.6 is 0 Å². The standard InChI is InChI=1S/C25H36N8O2/c1-5-6-11-27-23-29-20(26)19-21(30-23)33(24(35)28-19)16-17-7-9-18(10-8-17)22(34)31-12-14-32(15-13-31)25(2,3)4/h7-10H,5-6,11-16H2,1-4H3,(H,28,35)(H3,26,27,29,30). The average Bonchev–Trinajstić information content (AvgIpc) is 3.14. The highest BCUT2D eigenvalue weighted by atomic mass is 16.2. The Bertz CT molecular complexity index is 1230. The number of nitrogen functional groups attached to an aromatic ring is 1. The van der Waals surface area contributed by atoms with Gasteiger partial charge >= 0.3 is 5.69 Å². The van der Waals surface area contributed by atoms with Gasteiger partial charge in [-0.1, -0.05) is 25.5 Å². The predicted molar refractivity (Wildman–Crippen MR) is 139 cm³/mol. The predicted octanol–water partition coefficient (Wildman–Crippen LogP) is 2.52. The third-order valence-corrected chi connectivity index (χ3v) is 6.52. The van der Waals surface area contributed by atoms with Crippen LogP contribution < -0.4 is 16.7 Å². The van der Waals surface area contributed by atoms with Gasteiger partial charge in [0.15, 0.2) is 11.5 Å². The molecule has 10 heteroatoms. The van der Waals surface area contributed by atoms with Crippen LogP contribution in [0.25, 0.3) is 11.2 Å². The molecule has 188 valence electrons. The summed E-state index contributed by atoms with van der Waals surface area (Å²) in [6, 6.07) is 7.42. The van der Waals surface area contributed by atoms with E-state index in [2.05, 4.69) is 52.9 Å². The number of carbonyl (C=O) groups is 1. The second-order valence-corrected chi connectivity index (χ2v) is 10.1. The number of anilines is 2. The average molecular weight is 481 g/mol. The largest absolute Gasteiger partial charge is 0.382 e. The van der Waals surface area contributed by atoms with Gasteiger partial charge in [-0.3, -0.25) is 14.3 Å². The summed E-state index contributed by atoms with van der Waals surface area (Å²) in [6.45, 7) is 12.9. The van der Waals surface area contributed by atoms with E-state index in [1.54, 1.807) is 4.57 Å². The zero-order valence-electron chi connectivity index (χ0n) is 21.1. The molecule has 0 spiro atoms. The molecule has 0 bridgehead atoms. The van der Waals surface area contributed by atoms with E-state index in [0.29, 0.717) is 29.2 Å². The highest BCUT2D eigenvalue weighted by molar-refractivity contribution is 5.94. The minimum atomic E-state index is -0.302. The van der Waals surface area contributed by atoms with Crippen molar-refractivity contribution in [1.29, 1.82) is 0 Å². The number of benzene rings is 1. The molecule has 0 saturated carbocycles. The summed E-state index contributed by atoms with van der Waals surface area (Å²) >= 11 is 0. The summed E-state index contributed by atoms with van der Waals surface area (Å²) < 4.78 is 1.54.